The van der Waals surface area contributed by atoms with E-state index in [1.54, 1.807) is 0 Å². The van der Waals surface area contributed by atoms with Crippen LogP contribution < -0.4 is 16.2 Å². The van der Waals surface area contributed by atoms with Gasteiger partial charge in [-0.1, -0.05) is 12.1 Å². The highest BCUT2D eigenvalue weighted by molar-refractivity contribution is 5.92. The molecule has 1 amide bonds. The molecule has 0 atom stereocenters. The lowest BCUT2D eigenvalue weighted by Gasteiger charge is -2.10. The zero-order valence-electron chi connectivity index (χ0n) is 10.4. The highest BCUT2D eigenvalue weighted by Crippen LogP contribution is 2.26. The molecule has 20 heavy (non-hydrogen) atoms. The fourth-order valence-electron chi connectivity index (χ4n) is 1.65. The Kier molecular flexibility index (Phi) is 3.84. The number of rotatable bonds is 4. The van der Waals surface area contributed by atoms with Crippen LogP contribution in [0.4, 0.5) is 14.5 Å². The molecule has 4 nitrogen and oxygen atoms in total. The summed E-state index contributed by atoms with van der Waals surface area (Å²) < 4.78 is 32.3. The molecule has 104 valence electrons. The van der Waals surface area contributed by atoms with Gasteiger partial charge in [0.1, 0.15) is 12.4 Å². The van der Waals surface area contributed by atoms with E-state index in [2.05, 4.69) is 0 Å². The van der Waals surface area contributed by atoms with Gasteiger partial charge < -0.3 is 16.2 Å². The molecule has 2 rings (SSSR count). The molecule has 0 aliphatic rings. The van der Waals surface area contributed by atoms with Crippen molar-refractivity contribution in [2.45, 2.75) is 6.61 Å². The smallest absolute Gasteiger partial charge is 0.248 e. The maximum atomic E-state index is 13.7. The van der Waals surface area contributed by atoms with Gasteiger partial charge in [0.25, 0.3) is 0 Å². The van der Waals surface area contributed by atoms with Crippen molar-refractivity contribution in [3.63, 3.8) is 0 Å². The van der Waals surface area contributed by atoms with Gasteiger partial charge in [-0.3, -0.25) is 4.79 Å². The topological polar surface area (TPSA) is 78.3 Å². The molecular weight excluding hydrogens is 266 g/mol. The maximum Gasteiger partial charge on any atom is 0.248 e. The third-order valence-corrected chi connectivity index (χ3v) is 2.71. The summed E-state index contributed by atoms with van der Waals surface area (Å²) in [6.45, 7) is -0.212. The largest absolute Gasteiger partial charge is 0.484 e. The Hall–Kier alpha value is -2.63. The van der Waals surface area contributed by atoms with Crippen molar-refractivity contribution in [2.75, 3.05) is 5.73 Å². The highest BCUT2D eigenvalue weighted by Gasteiger charge is 2.11. The van der Waals surface area contributed by atoms with E-state index in [-0.39, 0.29) is 29.2 Å². The van der Waals surface area contributed by atoms with Gasteiger partial charge in [-0.05, 0) is 24.3 Å². The molecule has 0 saturated carbocycles. The number of anilines is 1. The SMILES string of the molecule is NC(=O)c1ccc(COc2c(N)cccc2F)c(F)c1. The Balaban J connectivity index is 2.17. The van der Waals surface area contributed by atoms with E-state index in [0.717, 1.165) is 6.07 Å². The molecule has 0 saturated heterocycles. The molecule has 0 aliphatic carbocycles. The van der Waals surface area contributed by atoms with Crippen LogP contribution in [0.1, 0.15) is 15.9 Å². The Morgan fingerprint density at radius 2 is 1.90 bits per heavy atom. The minimum atomic E-state index is -0.727. The summed E-state index contributed by atoms with van der Waals surface area (Å²) in [4.78, 5) is 10.9. The average Bonchev–Trinajstić information content (AvgIpc) is 2.39. The lowest BCUT2D eigenvalue weighted by atomic mass is 10.1. The quantitative estimate of drug-likeness (QED) is 0.842. The Labute approximate surface area is 114 Å². The summed E-state index contributed by atoms with van der Waals surface area (Å²) in [5, 5.41) is 0. The zero-order valence-corrected chi connectivity index (χ0v) is 10.4. The number of carbonyl (C=O) groups excluding carboxylic acids is 1. The van der Waals surface area contributed by atoms with Gasteiger partial charge in [0, 0.05) is 11.1 Å². The van der Waals surface area contributed by atoms with Crippen LogP contribution >= 0.6 is 0 Å². The minimum Gasteiger partial charge on any atom is -0.484 e. The zero-order chi connectivity index (χ0) is 14.7. The normalized spacial score (nSPS) is 10.3. The van der Waals surface area contributed by atoms with Gasteiger partial charge in [-0.25, -0.2) is 8.78 Å². The first-order valence-corrected chi connectivity index (χ1v) is 5.74. The van der Waals surface area contributed by atoms with E-state index in [4.69, 9.17) is 16.2 Å². The first-order chi connectivity index (χ1) is 9.49. The van der Waals surface area contributed by atoms with E-state index in [9.17, 15) is 13.6 Å². The molecular formula is C14H12F2N2O2. The predicted octanol–water partition coefficient (Wildman–Crippen LogP) is 2.22. The summed E-state index contributed by atoms with van der Waals surface area (Å²) in [5.74, 6) is -2.14. The van der Waals surface area contributed by atoms with Crippen molar-refractivity contribution < 1.29 is 18.3 Å². The fraction of sp³-hybridized carbons (Fsp3) is 0.0714. The van der Waals surface area contributed by atoms with Crippen molar-refractivity contribution in [2.24, 2.45) is 5.73 Å². The molecule has 0 heterocycles. The number of amides is 1. The monoisotopic (exact) mass is 278 g/mol. The van der Waals surface area contributed by atoms with Crippen LogP contribution in [0.15, 0.2) is 36.4 Å². The average molecular weight is 278 g/mol. The van der Waals surface area contributed by atoms with Crippen molar-refractivity contribution in [3.05, 3.63) is 59.2 Å². The molecule has 0 spiro atoms. The number of ether oxygens (including phenoxy) is 1. The lowest BCUT2D eigenvalue weighted by molar-refractivity contribution is 0.0999. The molecule has 0 bridgehead atoms. The van der Waals surface area contributed by atoms with Crippen LogP contribution in [-0.4, -0.2) is 5.91 Å². The van der Waals surface area contributed by atoms with Crippen LogP contribution in [0.3, 0.4) is 0 Å². The number of halogens is 2. The number of nitrogens with two attached hydrogens (primary N) is 2. The molecule has 0 aromatic heterocycles. The predicted molar refractivity (Wildman–Crippen MR) is 70.1 cm³/mol. The van der Waals surface area contributed by atoms with Crippen LogP contribution in [-0.2, 0) is 6.61 Å². The molecule has 2 aromatic carbocycles. The minimum absolute atomic E-state index is 0.0525. The van der Waals surface area contributed by atoms with Crippen LogP contribution in [0.25, 0.3) is 0 Å². The van der Waals surface area contributed by atoms with E-state index >= 15 is 0 Å². The van der Waals surface area contributed by atoms with Crippen LogP contribution in [0.5, 0.6) is 5.75 Å². The van der Waals surface area contributed by atoms with Crippen molar-refractivity contribution in [3.8, 4) is 5.75 Å². The van der Waals surface area contributed by atoms with Gasteiger partial charge in [0.05, 0.1) is 5.69 Å². The molecule has 4 N–H and O–H groups in total. The highest BCUT2D eigenvalue weighted by atomic mass is 19.1. The van der Waals surface area contributed by atoms with Crippen molar-refractivity contribution in [1.29, 1.82) is 0 Å². The van der Waals surface area contributed by atoms with Crippen molar-refractivity contribution in [1.82, 2.24) is 0 Å². The maximum absolute atomic E-state index is 13.7. The number of nitrogen functional groups attached to an aromatic ring is 1. The Morgan fingerprint density at radius 3 is 2.50 bits per heavy atom. The Morgan fingerprint density at radius 1 is 1.15 bits per heavy atom. The molecule has 0 aliphatic heterocycles. The third-order valence-electron chi connectivity index (χ3n) is 2.71. The summed E-state index contributed by atoms with van der Waals surface area (Å²) in [7, 11) is 0. The number of benzene rings is 2. The summed E-state index contributed by atoms with van der Waals surface area (Å²) in [6.07, 6.45) is 0. The van der Waals surface area contributed by atoms with Gasteiger partial charge in [0.2, 0.25) is 5.91 Å². The first kappa shape index (κ1) is 13.8. The standard InChI is InChI=1S/C14H12F2N2O2/c15-10-2-1-3-12(17)13(10)20-7-9-5-4-8(14(18)19)6-11(9)16/h1-6H,7,17H2,(H2,18,19). The lowest BCUT2D eigenvalue weighted by Crippen LogP contribution is -2.12. The van der Waals surface area contributed by atoms with Gasteiger partial charge in [-0.15, -0.1) is 0 Å². The van der Waals surface area contributed by atoms with E-state index in [1.165, 1.54) is 30.3 Å². The number of hydrogen-bond donors (Lipinski definition) is 2. The van der Waals surface area contributed by atoms with Gasteiger partial charge in [0.15, 0.2) is 11.6 Å². The summed E-state index contributed by atoms with van der Waals surface area (Å²) in [6, 6.07) is 7.84. The molecule has 2 aromatic rings. The van der Waals surface area contributed by atoms with Gasteiger partial charge in [-0.2, -0.15) is 0 Å². The first-order valence-electron chi connectivity index (χ1n) is 5.74. The summed E-state index contributed by atoms with van der Waals surface area (Å²) in [5.41, 5.74) is 10.9. The molecule has 6 heteroatoms. The number of carbonyl (C=O) groups is 1. The van der Waals surface area contributed by atoms with E-state index in [1.807, 2.05) is 0 Å². The van der Waals surface area contributed by atoms with Gasteiger partial charge >= 0.3 is 0 Å². The van der Waals surface area contributed by atoms with E-state index in [0.29, 0.717) is 0 Å². The van der Waals surface area contributed by atoms with Crippen LogP contribution in [0, 0.1) is 11.6 Å². The van der Waals surface area contributed by atoms with E-state index < -0.39 is 17.5 Å². The van der Waals surface area contributed by atoms with Crippen molar-refractivity contribution >= 4 is 11.6 Å². The fourth-order valence-corrected chi connectivity index (χ4v) is 1.65. The number of para-hydroxylation sites is 1. The second-order valence-electron chi connectivity index (χ2n) is 4.12. The van der Waals surface area contributed by atoms with Crippen LogP contribution in [0.2, 0.25) is 0 Å². The second kappa shape index (κ2) is 5.56. The third kappa shape index (κ3) is 2.85. The molecule has 0 fully saturated rings. The molecule has 0 unspecified atom stereocenters. The molecule has 0 radical (unpaired) electrons. The number of hydrogen-bond acceptors (Lipinski definition) is 3. The number of primary amides is 1. The second-order valence-corrected chi connectivity index (χ2v) is 4.12. The summed E-state index contributed by atoms with van der Waals surface area (Å²) >= 11 is 0. The Bertz CT molecular complexity index is 639.